The number of rotatable bonds is 2. The van der Waals surface area contributed by atoms with Crippen LogP contribution in [0.15, 0.2) is 12.7 Å². The quantitative estimate of drug-likeness (QED) is 0.602. The van der Waals surface area contributed by atoms with E-state index in [1.807, 2.05) is 6.08 Å². The predicted octanol–water partition coefficient (Wildman–Crippen LogP) is 2.00. The van der Waals surface area contributed by atoms with Crippen LogP contribution in [0.25, 0.3) is 0 Å². The van der Waals surface area contributed by atoms with E-state index in [9.17, 15) is 0 Å². The van der Waals surface area contributed by atoms with Crippen LogP contribution in [-0.4, -0.2) is 36.0 Å². The van der Waals surface area contributed by atoms with Gasteiger partial charge in [-0.05, 0) is 30.6 Å². The summed E-state index contributed by atoms with van der Waals surface area (Å²) in [6, 6.07) is 0. The molecule has 2 saturated heterocycles. The van der Waals surface area contributed by atoms with E-state index in [0.29, 0.717) is 5.41 Å². The van der Waals surface area contributed by atoms with Gasteiger partial charge in [0.1, 0.15) is 0 Å². The molecule has 12 heavy (non-hydrogen) atoms. The minimum Gasteiger partial charge on any atom is -0.299 e. The Labute approximate surface area is 79.2 Å². The van der Waals surface area contributed by atoms with Gasteiger partial charge in [0, 0.05) is 18.8 Å². The summed E-state index contributed by atoms with van der Waals surface area (Å²) in [6.45, 7) is 7.51. The first-order valence-electron chi connectivity index (χ1n) is 4.76. The topological polar surface area (TPSA) is 3.24 Å². The van der Waals surface area contributed by atoms with Crippen LogP contribution >= 0.6 is 11.8 Å². The first-order chi connectivity index (χ1) is 5.85. The molecule has 1 nitrogen and oxygen atoms in total. The number of hydrogen-bond acceptors (Lipinski definition) is 2. The molecule has 2 aliphatic rings. The molecule has 2 heterocycles. The van der Waals surface area contributed by atoms with E-state index < -0.39 is 0 Å². The Morgan fingerprint density at radius 2 is 2.42 bits per heavy atom. The summed E-state index contributed by atoms with van der Waals surface area (Å²) in [6.07, 6.45) is 4.90. The summed E-state index contributed by atoms with van der Waals surface area (Å²) in [7, 11) is 0. The number of likely N-dealkylation sites (tertiary alicyclic amines) is 1. The van der Waals surface area contributed by atoms with Crippen molar-refractivity contribution in [2.75, 3.05) is 31.1 Å². The molecule has 2 rings (SSSR count). The third-order valence-corrected chi connectivity index (χ3v) is 4.40. The van der Waals surface area contributed by atoms with E-state index in [4.69, 9.17) is 0 Å². The molecular weight excluding hydrogens is 166 g/mol. The van der Waals surface area contributed by atoms with E-state index in [2.05, 4.69) is 23.2 Å². The van der Waals surface area contributed by atoms with Gasteiger partial charge in [-0.25, -0.2) is 0 Å². The lowest BCUT2D eigenvalue weighted by Crippen LogP contribution is -2.27. The average molecular weight is 183 g/mol. The van der Waals surface area contributed by atoms with Crippen molar-refractivity contribution in [3.63, 3.8) is 0 Å². The highest BCUT2D eigenvalue weighted by Gasteiger charge is 2.39. The summed E-state index contributed by atoms with van der Waals surface area (Å²) in [4.78, 5) is 2.54. The van der Waals surface area contributed by atoms with E-state index in [1.165, 1.54) is 37.4 Å². The lowest BCUT2D eigenvalue weighted by atomic mass is 9.87. The van der Waals surface area contributed by atoms with Gasteiger partial charge >= 0.3 is 0 Å². The Morgan fingerprint density at radius 3 is 3.08 bits per heavy atom. The zero-order chi connectivity index (χ0) is 8.44. The van der Waals surface area contributed by atoms with E-state index in [-0.39, 0.29) is 0 Å². The van der Waals surface area contributed by atoms with Crippen LogP contribution in [0.5, 0.6) is 0 Å². The summed E-state index contributed by atoms with van der Waals surface area (Å²) in [5.41, 5.74) is 0.702. The van der Waals surface area contributed by atoms with Crippen LogP contribution in [0.1, 0.15) is 12.8 Å². The zero-order valence-corrected chi connectivity index (χ0v) is 8.41. The number of thioether (sulfide) groups is 1. The Hall–Kier alpha value is 0.0500. The van der Waals surface area contributed by atoms with Crippen molar-refractivity contribution < 1.29 is 0 Å². The molecule has 0 saturated carbocycles. The van der Waals surface area contributed by atoms with Crippen LogP contribution in [0, 0.1) is 5.41 Å². The maximum Gasteiger partial charge on any atom is 0.0160 e. The molecule has 0 aliphatic carbocycles. The lowest BCUT2D eigenvalue weighted by Gasteiger charge is -2.21. The number of nitrogens with zero attached hydrogens (tertiary/aromatic N) is 1. The SMILES string of the molecule is C=CCN1CCC2(CCSC2)C1. The van der Waals surface area contributed by atoms with Crippen molar-refractivity contribution >= 4 is 11.8 Å². The molecule has 0 radical (unpaired) electrons. The van der Waals surface area contributed by atoms with Gasteiger partial charge in [-0.3, -0.25) is 4.90 Å². The summed E-state index contributed by atoms with van der Waals surface area (Å²) in [5.74, 6) is 2.79. The van der Waals surface area contributed by atoms with Crippen molar-refractivity contribution in [1.29, 1.82) is 0 Å². The maximum atomic E-state index is 3.79. The Morgan fingerprint density at radius 1 is 1.50 bits per heavy atom. The fourth-order valence-corrected chi connectivity index (χ4v) is 3.87. The first-order valence-corrected chi connectivity index (χ1v) is 5.91. The molecule has 0 aromatic carbocycles. The second kappa shape index (κ2) is 3.43. The molecule has 0 N–H and O–H groups in total. The smallest absolute Gasteiger partial charge is 0.0160 e. The molecule has 0 aromatic heterocycles. The van der Waals surface area contributed by atoms with Crippen LogP contribution in [0.3, 0.4) is 0 Å². The van der Waals surface area contributed by atoms with Gasteiger partial charge in [-0.15, -0.1) is 6.58 Å². The molecule has 2 heteroatoms. The molecule has 0 aromatic rings. The highest BCUT2D eigenvalue weighted by molar-refractivity contribution is 7.99. The van der Waals surface area contributed by atoms with Crippen molar-refractivity contribution in [2.24, 2.45) is 5.41 Å². The Bertz CT molecular complexity index is 173. The van der Waals surface area contributed by atoms with E-state index in [0.717, 1.165) is 6.54 Å². The van der Waals surface area contributed by atoms with Gasteiger partial charge in [0.25, 0.3) is 0 Å². The van der Waals surface area contributed by atoms with Crippen LogP contribution in [0.4, 0.5) is 0 Å². The standard InChI is InChI=1S/C10H17NS/c1-2-5-11-6-3-10(8-11)4-7-12-9-10/h2H,1,3-9H2. The third kappa shape index (κ3) is 1.55. The minimum atomic E-state index is 0.702. The van der Waals surface area contributed by atoms with Gasteiger partial charge in [-0.1, -0.05) is 6.08 Å². The van der Waals surface area contributed by atoms with E-state index in [1.54, 1.807) is 0 Å². The molecule has 68 valence electrons. The largest absolute Gasteiger partial charge is 0.299 e. The molecule has 0 amide bonds. The predicted molar refractivity (Wildman–Crippen MR) is 55.6 cm³/mol. The molecule has 1 atom stereocenters. The van der Waals surface area contributed by atoms with Crippen molar-refractivity contribution in [2.45, 2.75) is 12.8 Å². The summed E-state index contributed by atoms with van der Waals surface area (Å²) < 4.78 is 0. The molecule has 1 unspecified atom stereocenters. The maximum absolute atomic E-state index is 3.79. The van der Waals surface area contributed by atoms with Gasteiger partial charge in [-0.2, -0.15) is 11.8 Å². The normalized spacial score (nSPS) is 36.3. The van der Waals surface area contributed by atoms with Gasteiger partial charge in [0.15, 0.2) is 0 Å². The lowest BCUT2D eigenvalue weighted by molar-refractivity contribution is 0.300. The monoisotopic (exact) mass is 183 g/mol. The number of hydrogen-bond donors (Lipinski definition) is 0. The average Bonchev–Trinajstić information content (AvgIpc) is 2.65. The molecule has 1 spiro atoms. The Kier molecular flexibility index (Phi) is 2.47. The highest BCUT2D eigenvalue weighted by atomic mass is 32.2. The third-order valence-electron chi connectivity index (χ3n) is 3.09. The molecule has 2 aliphatic heterocycles. The van der Waals surface area contributed by atoms with Gasteiger partial charge in [0.2, 0.25) is 0 Å². The first kappa shape index (κ1) is 8.64. The van der Waals surface area contributed by atoms with Crippen molar-refractivity contribution in [1.82, 2.24) is 4.90 Å². The minimum absolute atomic E-state index is 0.702. The van der Waals surface area contributed by atoms with Gasteiger partial charge in [0.05, 0.1) is 0 Å². The van der Waals surface area contributed by atoms with Crippen molar-refractivity contribution in [3.05, 3.63) is 12.7 Å². The fraction of sp³-hybridized carbons (Fsp3) is 0.800. The zero-order valence-electron chi connectivity index (χ0n) is 7.59. The molecular formula is C10H17NS. The van der Waals surface area contributed by atoms with Crippen LogP contribution in [-0.2, 0) is 0 Å². The van der Waals surface area contributed by atoms with Crippen molar-refractivity contribution in [3.8, 4) is 0 Å². The van der Waals surface area contributed by atoms with Crippen LogP contribution in [0.2, 0.25) is 0 Å². The van der Waals surface area contributed by atoms with Crippen LogP contribution < -0.4 is 0 Å². The second-order valence-corrected chi connectivity index (χ2v) is 5.18. The van der Waals surface area contributed by atoms with E-state index >= 15 is 0 Å². The fourth-order valence-electron chi connectivity index (χ4n) is 2.34. The summed E-state index contributed by atoms with van der Waals surface area (Å²) >= 11 is 2.14. The highest BCUT2D eigenvalue weighted by Crippen LogP contribution is 2.43. The second-order valence-electron chi connectivity index (χ2n) is 4.08. The molecule has 0 bridgehead atoms. The van der Waals surface area contributed by atoms with Gasteiger partial charge < -0.3 is 0 Å². The summed E-state index contributed by atoms with van der Waals surface area (Å²) in [5, 5.41) is 0. The Balaban J connectivity index is 1.91. The molecule has 2 fully saturated rings.